The zero-order valence-corrected chi connectivity index (χ0v) is 21.7. The van der Waals surface area contributed by atoms with Gasteiger partial charge in [0, 0.05) is 29.1 Å². The van der Waals surface area contributed by atoms with Gasteiger partial charge in [-0.1, -0.05) is 71.9 Å². The van der Waals surface area contributed by atoms with Gasteiger partial charge in [0.1, 0.15) is 10.8 Å². The number of carbonyl (C=O) groups is 1. The summed E-state index contributed by atoms with van der Waals surface area (Å²) in [5.41, 5.74) is 7.83. The highest BCUT2D eigenvalue weighted by Gasteiger charge is 2.37. The number of nitrogens with zero attached hydrogens (tertiary/aromatic N) is 4. The maximum atomic E-state index is 13.8. The summed E-state index contributed by atoms with van der Waals surface area (Å²) < 4.78 is 5.45. The molecule has 2 aromatic heterocycles. The Bertz CT molecular complexity index is 1560. The molecule has 1 aliphatic heterocycles. The van der Waals surface area contributed by atoms with E-state index in [0.717, 1.165) is 55.7 Å². The molecule has 0 saturated heterocycles. The highest BCUT2D eigenvalue weighted by Crippen LogP contribution is 2.43. The molecule has 184 valence electrons. The van der Waals surface area contributed by atoms with Gasteiger partial charge in [0.15, 0.2) is 0 Å². The van der Waals surface area contributed by atoms with E-state index in [-0.39, 0.29) is 12.1 Å². The molecule has 0 bridgehead atoms. The molecule has 3 aromatic carbocycles. The molecule has 1 atom stereocenters. The standard InChI is InChI=1S/C30H26N4O2S/c1-19-27(20(2)36-32-19)23-14-15-26-25(16-23)28(21-10-6-4-7-11-21)34(30(35)33(26)3)17-24-18-37-29(31-24)22-12-8-5-9-13-22/h4-16,18,28H,17H2,1-3H3. The van der Waals surface area contributed by atoms with Crippen LogP contribution in [0.3, 0.4) is 0 Å². The van der Waals surface area contributed by atoms with Crippen LogP contribution in [0.25, 0.3) is 21.7 Å². The minimum atomic E-state index is -0.262. The van der Waals surface area contributed by atoms with Crippen molar-refractivity contribution in [2.75, 3.05) is 11.9 Å². The highest BCUT2D eigenvalue weighted by molar-refractivity contribution is 7.13. The number of aromatic nitrogens is 2. The molecule has 3 heterocycles. The van der Waals surface area contributed by atoms with Crippen molar-refractivity contribution in [3.63, 3.8) is 0 Å². The second-order valence-electron chi connectivity index (χ2n) is 9.27. The van der Waals surface area contributed by atoms with Gasteiger partial charge in [0.05, 0.1) is 29.7 Å². The second-order valence-corrected chi connectivity index (χ2v) is 10.1. The largest absolute Gasteiger partial charge is 0.361 e. The van der Waals surface area contributed by atoms with Crippen molar-refractivity contribution in [1.82, 2.24) is 15.0 Å². The van der Waals surface area contributed by atoms with E-state index < -0.39 is 0 Å². The number of rotatable bonds is 5. The monoisotopic (exact) mass is 506 g/mol. The number of hydrogen-bond donors (Lipinski definition) is 0. The smallest absolute Gasteiger partial charge is 0.325 e. The molecule has 37 heavy (non-hydrogen) atoms. The Hall–Kier alpha value is -4.23. The van der Waals surface area contributed by atoms with E-state index in [1.54, 1.807) is 16.2 Å². The van der Waals surface area contributed by atoms with Crippen LogP contribution in [0.15, 0.2) is 88.8 Å². The molecule has 0 aliphatic carbocycles. The molecule has 2 amide bonds. The van der Waals surface area contributed by atoms with Crippen LogP contribution in [0.4, 0.5) is 10.5 Å². The first kappa shape index (κ1) is 23.2. The molecule has 1 unspecified atom stereocenters. The number of anilines is 1. The predicted molar refractivity (Wildman–Crippen MR) is 147 cm³/mol. The predicted octanol–water partition coefficient (Wildman–Crippen LogP) is 7.24. The third kappa shape index (κ3) is 4.11. The first-order chi connectivity index (χ1) is 18.0. The van der Waals surface area contributed by atoms with Crippen molar-refractivity contribution in [2.24, 2.45) is 0 Å². The third-order valence-electron chi connectivity index (χ3n) is 6.87. The van der Waals surface area contributed by atoms with Crippen LogP contribution >= 0.6 is 11.3 Å². The van der Waals surface area contributed by atoms with Crippen molar-refractivity contribution in [3.05, 3.63) is 113 Å². The lowest BCUT2D eigenvalue weighted by Crippen LogP contribution is -2.47. The topological polar surface area (TPSA) is 62.5 Å². The molecule has 7 heteroatoms. The van der Waals surface area contributed by atoms with Crippen molar-refractivity contribution in [2.45, 2.75) is 26.4 Å². The maximum Gasteiger partial charge on any atom is 0.325 e. The first-order valence-corrected chi connectivity index (χ1v) is 13.1. The number of urea groups is 1. The summed E-state index contributed by atoms with van der Waals surface area (Å²) in [6, 6.07) is 26.3. The van der Waals surface area contributed by atoms with Crippen LogP contribution in [0.2, 0.25) is 0 Å². The van der Waals surface area contributed by atoms with Crippen molar-refractivity contribution in [3.8, 4) is 21.7 Å². The van der Waals surface area contributed by atoms with Gasteiger partial charge in [-0.05, 0) is 37.1 Å². The van der Waals surface area contributed by atoms with E-state index in [4.69, 9.17) is 9.51 Å². The SMILES string of the molecule is Cc1noc(C)c1-c1ccc2c(c1)C(c1ccccc1)N(Cc1csc(-c3ccccc3)n1)C(=O)N2C. The Morgan fingerprint density at radius 3 is 2.38 bits per heavy atom. The summed E-state index contributed by atoms with van der Waals surface area (Å²) in [5.74, 6) is 0.779. The number of benzene rings is 3. The zero-order chi connectivity index (χ0) is 25.5. The van der Waals surface area contributed by atoms with E-state index in [9.17, 15) is 4.79 Å². The lowest BCUT2D eigenvalue weighted by atomic mass is 9.90. The maximum absolute atomic E-state index is 13.8. The number of thiazole rings is 1. The van der Waals surface area contributed by atoms with Crippen LogP contribution in [-0.4, -0.2) is 28.1 Å². The molecule has 0 spiro atoms. The summed E-state index contributed by atoms with van der Waals surface area (Å²) in [6.07, 6.45) is 0. The summed E-state index contributed by atoms with van der Waals surface area (Å²) in [7, 11) is 1.83. The second kappa shape index (κ2) is 9.33. The van der Waals surface area contributed by atoms with E-state index in [0.29, 0.717) is 6.54 Å². The Kier molecular flexibility index (Phi) is 5.85. The fourth-order valence-electron chi connectivity index (χ4n) is 5.12. The summed E-state index contributed by atoms with van der Waals surface area (Å²) in [5, 5.41) is 7.15. The Morgan fingerprint density at radius 1 is 0.946 bits per heavy atom. The van der Waals surface area contributed by atoms with Gasteiger partial charge >= 0.3 is 6.03 Å². The molecule has 6 nitrogen and oxygen atoms in total. The molecule has 0 radical (unpaired) electrons. The zero-order valence-electron chi connectivity index (χ0n) is 20.9. The third-order valence-corrected chi connectivity index (χ3v) is 7.81. The molecular formula is C30H26N4O2S. The first-order valence-electron chi connectivity index (χ1n) is 12.2. The lowest BCUT2D eigenvalue weighted by molar-refractivity contribution is 0.183. The van der Waals surface area contributed by atoms with Crippen LogP contribution in [0.1, 0.15) is 34.3 Å². The van der Waals surface area contributed by atoms with Crippen molar-refractivity contribution >= 4 is 23.1 Å². The van der Waals surface area contributed by atoms with E-state index in [1.807, 2.05) is 79.7 Å². The van der Waals surface area contributed by atoms with Crippen LogP contribution < -0.4 is 4.90 Å². The van der Waals surface area contributed by atoms with Crippen molar-refractivity contribution in [1.29, 1.82) is 0 Å². The fourth-order valence-corrected chi connectivity index (χ4v) is 5.94. The molecule has 0 saturated carbocycles. The van der Waals surface area contributed by atoms with Crippen LogP contribution in [-0.2, 0) is 6.54 Å². The molecule has 6 rings (SSSR count). The fraction of sp³-hybridized carbons (Fsp3) is 0.167. The summed E-state index contributed by atoms with van der Waals surface area (Å²) in [4.78, 5) is 22.3. The number of aryl methyl sites for hydroxylation is 2. The Labute approximate surface area is 219 Å². The van der Waals surface area contributed by atoms with Gasteiger partial charge in [0.2, 0.25) is 0 Å². The average Bonchev–Trinajstić information content (AvgIpc) is 3.54. The van der Waals surface area contributed by atoms with Gasteiger partial charge in [0.25, 0.3) is 0 Å². The van der Waals surface area contributed by atoms with Gasteiger partial charge < -0.3 is 9.42 Å². The normalized spacial score (nSPS) is 15.2. The molecular weight excluding hydrogens is 480 g/mol. The van der Waals surface area contributed by atoms with Crippen LogP contribution in [0.5, 0.6) is 0 Å². The Morgan fingerprint density at radius 2 is 1.68 bits per heavy atom. The quantitative estimate of drug-likeness (QED) is 0.252. The molecule has 1 aliphatic rings. The molecule has 0 N–H and O–H groups in total. The minimum Gasteiger partial charge on any atom is -0.361 e. The minimum absolute atomic E-state index is 0.0549. The van der Waals surface area contributed by atoms with E-state index in [1.165, 1.54) is 0 Å². The number of carbonyl (C=O) groups excluding carboxylic acids is 1. The van der Waals surface area contributed by atoms with E-state index >= 15 is 0 Å². The van der Waals surface area contributed by atoms with Crippen molar-refractivity contribution < 1.29 is 9.32 Å². The average molecular weight is 507 g/mol. The molecule has 5 aromatic rings. The molecule has 0 fully saturated rings. The Balaban J connectivity index is 1.45. The van der Waals surface area contributed by atoms with E-state index in [2.05, 4.69) is 35.5 Å². The van der Waals surface area contributed by atoms with Crippen LogP contribution in [0, 0.1) is 13.8 Å². The number of fused-ring (bicyclic) bond motifs is 1. The highest BCUT2D eigenvalue weighted by atomic mass is 32.1. The lowest BCUT2D eigenvalue weighted by Gasteiger charge is -2.41. The number of hydrogen-bond acceptors (Lipinski definition) is 5. The van der Waals surface area contributed by atoms with Gasteiger partial charge in [-0.2, -0.15) is 0 Å². The van der Waals surface area contributed by atoms with Gasteiger partial charge in [-0.25, -0.2) is 9.78 Å². The van der Waals surface area contributed by atoms with Gasteiger partial charge in [-0.3, -0.25) is 4.90 Å². The summed E-state index contributed by atoms with van der Waals surface area (Å²) >= 11 is 1.60. The van der Waals surface area contributed by atoms with Gasteiger partial charge in [-0.15, -0.1) is 11.3 Å². The number of amides is 2. The summed E-state index contributed by atoms with van der Waals surface area (Å²) in [6.45, 7) is 4.29.